The van der Waals surface area contributed by atoms with E-state index >= 15 is 0 Å². The Bertz CT molecular complexity index is 1170. The van der Waals surface area contributed by atoms with Crippen LogP contribution in [0.25, 0.3) is 16.8 Å². The number of carbonyl (C=O) groups is 2. The molecular weight excluding hydrogens is 426 g/mol. The molecule has 0 spiro atoms. The van der Waals surface area contributed by atoms with Gasteiger partial charge in [-0.3, -0.25) is 9.59 Å². The van der Waals surface area contributed by atoms with Crippen LogP contribution in [0.1, 0.15) is 34.0 Å². The Hall–Kier alpha value is -3.90. The lowest BCUT2D eigenvalue weighted by atomic mass is 9.91. The highest BCUT2D eigenvalue weighted by Gasteiger charge is 2.28. The van der Waals surface area contributed by atoms with Crippen molar-refractivity contribution in [2.24, 2.45) is 17.4 Å². The van der Waals surface area contributed by atoms with Gasteiger partial charge in [-0.25, -0.2) is 0 Å². The number of rotatable bonds is 9. The molecule has 0 saturated heterocycles. The summed E-state index contributed by atoms with van der Waals surface area (Å²) in [5.41, 5.74) is 17.3. The van der Waals surface area contributed by atoms with Gasteiger partial charge in [-0.2, -0.15) is 0 Å². The predicted octanol–water partition coefficient (Wildman–Crippen LogP) is 3.89. The topological polar surface area (TPSA) is 107 Å². The van der Waals surface area contributed by atoms with Crippen LogP contribution in [0.2, 0.25) is 0 Å². The molecule has 2 atom stereocenters. The van der Waals surface area contributed by atoms with E-state index < -0.39 is 12.0 Å². The van der Waals surface area contributed by atoms with E-state index in [1.807, 2.05) is 60.7 Å². The summed E-state index contributed by atoms with van der Waals surface area (Å²) in [7, 11) is 1.35. The van der Waals surface area contributed by atoms with Gasteiger partial charge in [0, 0.05) is 23.8 Å². The normalized spacial score (nSPS) is 12.4. The summed E-state index contributed by atoms with van der Waals surface area (Å²) in [5.74, 6) is -1.21. The number of benzene rings is 3. The second kappa shape index (κ2) is 11.3. The Morgan fingerprint density at radius 2 is 1.62 bits per heavy atom. The van der Waals surface area contributed by atoms with E-state index in [0.717, 1.165) is 27.8 Å². The van der Waals surface area contributed by atoms with Crippen LogP contribution in [-0.4, -0.2) is 25.0 Å². The monoisotopic (exact) mass is 457 g/mol. The number of ether oxygens (including phenoxy) is 1. The first-order valence-electron chi connectivity index (χ1n) is 11.1. The largest absolute Gasteiger partial charge is 0.469 e. The van der Waals surface area contributed by atoms with Crippen molar-refractivity contribution in [3.8, 4) is 11.1 Å². The lowest BCUT2D eigenvalue weighted by molar-refractivity contribution is -0.146. The molecule has 3 aromatic carbocycles. The summed E-state index contributed by atoms with van der Waals surface area (Å²) < 4.78 is 5.01. The zero-order valence-electron chi connectivity index (χ0n) is 19.6. The van der Waals surface area contributed by atoms with Crippen LogP contribution in [0, 0.1) is 5.92 Å². The highest BCUT2D eigenvalue weighted by atomic mass is 16.5. The van der Waals surface area contributed by atoms with Gasteiger partial charge in [0.05, 0.1) is 13.0 Å². The molecule has 176 valence electrons. The number of methoxy groups -OCH3 is 1. The van der Waals surface area contributed by atoms with Crippen molar-refractivity contribution in [3.63, 3.8) is 0 Å². The van der Waals surface area contributed by atoms with Gasteiger partial charge in [-0.15, -0.1) is 0 Å². The van der Waals surface area contributed by atoms with Gasteiger partial charge in [0.2, 0.25) is 0 Å². The maximum Gasteiger partial charge on any atom is 0.311 e. The van der Waals surface area contributed by atoms with E-state index in [9.17, 15) is 9.59 Å². The fraction of sp³-hybridized carbons (Fsp3) is 0.214. The third-order valence-corrected chi connectivity index (χ3v) is 5.86. The molecule has 0 saturated carbocycles. The van der Waals surface area contributed by atoms with Gasteiger partial charge in [-0.1, -0.05) is 55.1 Å². The number of amides is 1. The molecule has 3 rings (SSSR count). The molecule has 1 amide bonds. The summed E-state index contributed by atoms with van der Waals surface area (Å²) in [6.45, 7) is 6.04. The fourth-order valence-electron chi connectivity index (χ4n) is 3.85. The van der Waals surface area contributed by atoms with E-state index in [1.165, 1.54) is 7.11 Å². The average Bonchev–Trinajstić information content (AvgIpc) is 2.87. The summed E-state index contributed by atoms with van der Waals surface area (Å²) in [6.07, 6.45) is 0.395. The van der Waals surface area contributed by atoms with Crippen molar-refractivity contribution in [1.82, 2.24) is 5.32 Å². The van der Waals surface area contributed by atoms with Crippen LogP contribution in [-0.2, 0) is 22.5 Å². The van der Waals surface area contributed by atoms with Crippen LogP contribution in [0.15, 0.2) is 79.4 Å². The molecule has 5 N–H and O–H groups in total. The van der Waals surface area contributed by atoms with E-state index in [-0.39, 0.29) is 11.9 Å². The minimum atomic E-state index is -0.562. The lowest BCUT2D eigenvalue weighted by Gasteiger charge is -2.23. The zero-order chi connectivity index (χ0) is 24.7. The van der Waals surface area contributed by atoms with Crippen LogP contribution in [0.4, 0.5) is 0 Å². The van der Waals surface area contributed by atoms with Crippen LogP contribution in [0.5, 0.6) is 0 Å². The predicted molar refractivity (Wildman–Crippen MR) is 136 cm³/mol. The molecule has 6 nitrogen and oxygen atoms in total. The summed E-state index contributed by atoms with van der Waals surface area (Å²) in [6, 6.07) is 22.4. The zero-order valence-corrected chi connectivity index (χ0v) is 19.6. The SMILES string of the molecule is C=C(N)c1cccc(CC(C(=O)OC)C(C)NC(=O)c2ccc(-c3cccc(CN)c3)cc2)c1. The molecule has 3 aromatic rings. The van der Waals surface area contributed by atoms with Crippen molar-refractivity contribution in [3.05, 3.63) is 102 Å². The molecule has 6 heteroatoms. The van der Waals surface area contributed by atoms with Gasteiger partial charge in [0.1, 0.15) is 0 Å². The number of nitrogens with one attached hydrogen (secondary N) is 1. The second-order valence-electron chi connectivity index (χ2n) is 8.30. The molecule has 0 fully saturated rings. The number of hydrogen-bond donors (Lipinski definition) is 3. The van der Waals surface area contributed by atoms with E-state index in [0.29, 0.717) is 24.2 Å². The van der Waals surface area contributed by atoms with E-state index in [2.05, 4.69) is 11.9 Å². The van der Waals surface area contributed by atoms with E-state index in [4.69, 9.17) is 16.2 Å². The molecule has 0 radical (unpaired) electrons. The Morgan fingerprint density at radius 1 is 0.941 bits per heavy atom. The maximum absolute atomic E-state index is 12.9. The van der Waals surface area contributed by atoms with Crippen molar-refractivity contribution in [2.45, 2.75) is 25.9 Å². The molecule has 0 aliphatic rings. The van der Waals surface area contributed by atoms with Gasteiger partial charge >= 0.3 is 5.97 Å². The molecule has 0 bridgehead atoms. The Kier molecular flexibility index (Phi) is 8.22. The fourth-order valence-corrected chi connectivity index (χ4v) is 3.85. The van der Waals surface area contributed by atoms with Gasteiger partial charge < -0.3 is 21.5 Å². The summed E-state index contributed by atoms with van der Waals surface area (Å²) in [5, 5.41) is 2.95. The standard InChI is InChI=1S/C28H31N3O3/c1-18(30)24-8-4-6-20(14-24)16-26(28(33)34-3)19(2)31-27(32)23-12-10-22(11-13-23)25-9-5-7-21(15-25)17-29/h4-15,19,26H,1,16-17,29-30H2,2-3H3,(H,31,32). The molecule has 34 heavy (non-hydrogen) atoms. The number of esters is 1. The van der Waals surface area contributed by atoms with Gasteiger partial charge in [-0.05, 0) is 65.4 Å². The first kappa shape index (κ1) is 24.7. The first-order valence-corrected chi connectivity index (χ1v) is 11.1. The minimum absolute atomic E-state index is 0.257. The maximum atomic E-state index is 12.9. The van der Waals surface area contributed by atoms with Gasteiger partial charge in [0.25, 0.3) is 5.91 Å². The lowest BCUT2D eigenvalue weighted by Crippen LogP contribution is -2.42. The second-order valence-corrected chi connectivity index (χ2v) is 8.30. The van der Waals surface area contributed by atoms with Crippen molar-refractivity contribution in [1.29, 1.82) is 0 Å². The smallest absolute Gasteiger partial charge is 0.311 e. The molecule has 0 heterocycles. The summed E-state index contributed by atoms with van der Waals surface area (Å²) in [4.78, 5) is 25.4. The third-order valence-electron chi connectivity index (χ3n) is 5.86. The van der Waals surface area contributed by atoms with Crippen LogP contribution >= 0.6 is 0 Å². The third kappa shape index (κ3) is 6.11. The minimum Gasteiger partial charge on any atom is -0.469 e. The Morgan fingerprint density at radius 3 is 2.26 bits per heavy atom. The molecule has 0 aliphatic heterocycles. The first-order chi connectivity index (χ1) is 16.3. The molecule has 0 aliphatic carbocycles. The number of hydrogen-bond acceptors (Lipinski definition) is 5. The Balaban J connectivity index is 1.73. The average molecular weight is 458 g/mol. The quantitative estimate of drug-likeness (QED) is 0.423. The highest BCUT2D eigenvalue weighted by molar-refractivity contribution is 5.95. The van der Waals surface area contributed by atoms with Crippen molar-refractivity contribution in [2.75, 3.05) is 7.11 Å². The molecule has 0 aromatic heterocycles. The molecular formula is C28H31N3O3. The van der Waals surface area contributed by atoms with E-state index in [1.54, 1.807) is 19.1 Å². The molecule has 2 unspecified atom stereocenters. The van der Waals surface area contributed by atoms with Crippen molar-refractivity contribution >= 4 is 17.6 Å². The van der Waals surface area contributed by atoms with Crippen molar-refractivity contribution < 1.29 is 14.3 Å². The van der Waals surface area contributed by atoms with Crippen LogP contribution < -0.4 is 16.8 Å². The number of carbonyl (C=O) groups excluding carboxylic acids is 2. The Labute approximate surface area is 200 Å². The van der Waals surface area contributed by atoms with Gasteiger partial charge in [0.15, 0.2) is 0 Å². The summed E-state index contributed by atoms with van der Waals surface area (Å²) >= 11 is 0. The number of nitrogens with two attached hydrogens (primary N) is 2. The highest BCUT2D eigenvalue weighted by Crippen LogP contribution is 2.22. The van der Waals surface area contributed by atoms with Crippen LogP contribution in [0.3, 0.4) is 0 Å².